The Kier molecular flexibility index (Phi) is 2.42. The fraction of sp³-hybridized carbons (Fsp3) is 0.667. The van der Waals surface area contributed by atoms with Gasteiger partial charge in [0.25, 0.3) is 11.8 Å². The normalized spacial score (nSPS) is 31.3. The highest BCUT2D eigenvalue weighted by Crippen LogP contribution is 2.50. The van der Waals surface area contributed by atoms with Crippen LogP contribution in [-0.2, 0) is 14.3 Å². The van der Waals surface area contributed by atoms with Gasteiger partial charge in [-0.15, -0.1) is 0 Å². The maximum absolute atomic E-state index is 11.3. The van der Waals surface area contributed by atoms with Crippen LogP contribution < -0.4 is 0 Å². The zero-order valence-corrected chi connectivity index (χ0v) is 9.95. The van der Waals surface area contributed by atoms with Crippen LogP contribution in [0.2, 0.25) is 0 Å². The molecule has 16 heavy (non-hydrogen) atoms. The van der Waals surface area contributed by atoms with Gasteiger partial charge in [-0.2, -0.15) is 0 Å². The van der Waals surface area contributed by atoms with Crippen molar-refractivity contribution in [2.75, 3.05) is 6.54 Å². The summed E-state index contributed by atoms with van der Waals surface area (Å²) in [5.41, 5.74) is -0.156. The zero-order chi connectivity index (χ0) is 12.0. The molecule has 4 heteroatoms. The predicted molar refractivity (Wildman–Crippen MR) is 58.7 cm³/mol. The van der Waals surface area contributed by atoms with E-state index >= 15 is 0 Å². The first-order chi connectivity index (χ1) is 7.36. The summed E-state index contributed by atoms with van der Waals surface area (Å²) in [6.07, 6.45) is 4.30. The van der Waals surface area contributed by atoms with Crippen molar-refractivity contribution in [1.29, 1.82) is 0 Å². The number of epoxide rings is 1. The number of ether oxygens (including phenoxy) is 1. The molecule has 2 rings (SSSR count). The lowest BCUT2D eigenvalue weighted by molar-refractivity contribution is -0.136. The van der Waals surface area contributed by atoms with E-state index in [2.05, 4.69) is 20.8 Å². The fourth-order valence-electron chi connectivity index (χ4n) is 2.12. The highest BCUT2D eigenvalue weighted by atomic mass is 16.6. The van der Waals surface area contributed by atoms with Crippen LogP contribution in [0.3, 0.4) is 0 Å². The molecule has 0 N–H and O–H groups in total. The Morgan fingerprint density at radius 3 is 2.12 bits per heavy atom. The molecule has 2 aliphatic heterocycles. The van der Waals surface area contributed by atoms with Crippen molar-refractivity contribution < 1.29 is 14.3 Å². The van der Waals surface area contributed by atoms with Crippen LogP contribution in [0.5, 0.6) is 0 Å². The number of hydrogen-bond acceptors (Lipinski definition) is 3. The van der Waals surface area contributed by atoms with Crippen molar-refractivity contribution in [3.63, 3.8) is 0 Å². The summed E-state index contributed by atoms with van der Waals surface area (Å²) in [7, 11) is 0. The van der Waals surface area contributed by atoms with E-state index in [0.29, 0.717) is 6.54 Å². The van der Waals surface area contributed by atoms with Gasteiger partial charge in [0, 0.05) is 18.7 Å². The second-order valence-electron chi connectivity index (χ2n) is 5.11. The summed E-state index contributed by atoms with van der Waals surface area (Å²) in [4.78, 5) is 23.8. The van der Waals surface area contributed by atoms with Crippen molar-refractivity contribution in [3.8, 4) is 0 Å². The van der Waals surface area contributed by atoms with Gasteiger partial charge in [-0.1, -0.05) is 0 Å². The van der Waals surface area contributed by atoms with E-state index in [1.54, 1.807) is 0 Å². The molecule has 0 spiro atoms. The number of amides is 2. The van der Waals surface area contributed by atoms with E-state index in [1.807, 2.05) is 0 Å². The number of imide groups is 1. The minimum Gasteiger partial charge on any atom is -0.363 e. The molecule has 1 fully saturated rings. The topological polar surface area (TPSA) is 49.9 Å². The van der Waals surface area contributed by atoms with E-state index in [-0.39, 0.29) is 23.0 Å². The fourth-order valence-corrected chi connectivity index (χ4v) is 2.12. The average molecular weight is 223 g/mol. The molecule has 0 aromatic carbocycles. The molecule has 88 valence electrons. The van der Waals surface area contributed by atoms with Gasteiger partial charge in [0.2, 0.25) is 0 Å². The standard InChI is InChI=1S/C12H17NO3/c1-11(2)12(3,16-11)7-4-8-13-9(14)5-6-10(13)15/h5-6H,4,7-8H2,1-3H3. The third-order valence-corrected chi connectivity index (χ3v) is 3.65. The molecule has 2 heterocycles. The van der Waals surface area contributed by atoms with E-state index < -0.39 is 0 Å². The molecular weight excluding hydrogens is 206 g/mol. The van der Waals surface area contributed by atoms with E-state index in [1.165, 1.54) is 17.1 Å². The van der Waals surface area contributed by atoms with Gasteiger partial charge in [-0.25, -0.2) is 0 Å². The molecule has 2 amide bonds. The maximum atomic E-state index is 11.3. The largest absolute Gasteiger partial charge is 0.363 e. The van der Waals surface area contributed by atoms with Gasteiger partial charge in [0.15, 0.2) is 0 Å². The van der Waals surface area contributed by atoms with Gasteiger partial charge in [0.1, 0.15) is 0 Å². The maximum Gasteiger partial charge on any atom is 0.253 e. The first-order valence-electron chi connectivity index (χ1n) is 5.59. The summed E-state index contributed by atoms with van der Waals surface area (Å²) in [6, 6.07) is 0. The average Bonchev–Trinajstić information content (AvgIpc) is 2.50. The zero-order valence-electron chi connectivity index (χ0n) is 9.95. The SMILES string of the molecule is CC1(C)OC1(C)CCCN1C(=O)C=CC1=O. The van der Waals surface area contributed by atoms with E-state index in [4.69, 9.17) is 4.74 Å². The molecule has 0 aromatic heterocycles. The molecule has 0 aromatic rings. The van der Waals surface area contributed by atoms with Crippen LogP contribution in [0.25, 0.3) is 0 Å². The Hall–Kier alpha value is -1.16. The summed E-state index contributed by atoms with van der Waals surface area (Å²) in [6.45, 7) is 6.67. The second-order valence-corrected chi connectivity index (χ2v) is 5.11. The van der Waals surface area contributed by atoms with E-state index in [0.717, 1.165) is 12.8 Å². The van der Waals surface area contributed by atoms with Gasteiger partial charge < -0.3 is 4.74 Å². The Morgan fingerprint density at radius 1 is 1.19 bits per heavy atom. The van der Waals surface area contributed by atoms with Gasteiger partial charge >= 0.3 is 0 Å². The third-order valence-electron chi connectivity index (χ3n) is 3.65. The van der Waals surface area contributed by atoms with Gasteiger partial charge in [-0.05, 0) is 33.6 Å². The van der Waals surface area contributed by atoms with Crippen LogP contribution in [0, 0.1) is 0 Å². The highest BCUT2D eigenvalue weighted by Gasteiger charge is 2.59. The van der Waals surface area contributed by atoms with Crippen LogP contribution in [0.15, 0.2) is 12.2 Å². The molecule has 1 atom stereocenters. The third kappa shape index (κ3) is 1.78. The van der Waals surface area contributed by atoms with Gasteiger partial charge in [-0.3, -0.25) is 14.5 Å². The second kappa shape index (κ2) is 3.42. The van der Waals surface area contributed by atoms with Crippen molar-refractivity contribution >= 4 is 11.8 Å². The van der Waals surface area contributed by atoms with Crippen molar-refractivity contribution in [1.82, 2.24) is 4.90 Å². The van der Waals surface area contributed by atoms with Crippen molar-refractivity contribution in [3.05, 3.63) is 12.2 Å². The lowest BCUT2D eigenvalue weighted by Crippen LogP contribution is -2.31. The highest BCUT2D eigenvalue weighted by molar-refractivity contribution is 6.12. The minimum absolute atomic E-state index is 0.0652. The van der Waals surface area contributed by atoms with E-state index in [9.17, 15) is 9.59 Å². The monoisotopic (exact) mass is 223 g/mol. The number of nitrogens with zero attached hydrogens (tertiary/aromatic N) is 1. The van der Waals surface area contributed by atoms with Crippen molar-refractivity contribution in [2.24, 2.45) is 0 Å². The quantitative estimate of drug-likeness (QED) is 0.532. The molecule has 0 aliphatic carbocycles. The summed E-state index contributed by atoms with van der Waals surface area (Å²) in [5, 5.41) is 0. The van der Waals surface area contributed by atoms with Crippen LogP contribution in [0.4, 0.5) is 0 Å². The summed E-state index contributed by atoms with van der Waals surface area (Å²) >= 11 is 0. The Morgan fingerprint density at radius 2 is 1.69 bits per heavy atom. The first kappa shape index (κ1) is 11.3. The predicted octanol–water partition coefficient (Wildman–Crippen LogP) is 1.26. The lowest BCUT2D eigenvalue weighted by Gasteiger charge is -2.15. The number of carbonyl (C=O) groups excluding carboxylic acids is 2. The molecular formula is C12H17NO3. The van der Waals surface area contributed by atoms with Crippen LogP contribution in [0.1, 0.15) is 33.6 Å². The molecule has 1 saturated heterocycles. The molecule has 0 radical (unpaired) electrons. The molecule has 4 nitrogen and oxygen atoms in total. The Labute approximate surface area is 95.2 Å². The Balaban J connectivity index is 1.78. The molecule has 1 unspecified atom stereocenters. The van der Waals surface area contributed by atoms with Crippen molar-refractivity contribution in [2.45, 2.75) is 44.8 Å². The number of carbonyl (C=O) groups is 2. The lowest BCUT2D eigenvalue weighted by atomic mass is 9.93. The smallest absolute Gasteiger partial charge is 0.253 e. The Bertz CT molecular complexity index is 354. The summed E-state index contributed by atoms with van der Waals surface area (Å²) < 4.78 is 5.61. The van der Waals surface area contributed by atoms with Gasteiger partial charge in [0.05, 0.1) is 11.2 Å². The molecule has 0 saturated carbocycles. The minimum atomic E-state index is -0.203. The molecule has 0 bridgehead atoms. The molecule has 2 aliphatic rings. The van der Waals surface area contributed by atoms with Crippen LogP contribution >= 0.6 is 0 Å². The number of hydrogen-bond donors (Lipinski definition) is 0. The summed E-state index contributed by atoms with van der Waals surface area (Å²) in [5.74, 6) is -0.405. The van der Waals surface area contributed by atoms with Crippen LogP contribution in [-0.4, -0.2) is 34.5 Å². The number of rotatable bonds is 4. The first-order valence-corrected chi connectivity index (χ1v) is 5.59.